The van der Waals surface area contributed by atoms with E-state index >= 15 is 0 Å². The van der Waals surface area contributed by atoms with Crippen molar-refractivity contribution in [2.45, 2.75) is 24.2 Å². The second-order valence-corrected chi connectivity index (χ2v) is 9.20. The molecule has 0 saturated heterocycles. The molecule has 0 aliphatic carbocycles. The number of amides is 1. The van der Waals surface area contributed by atoms with Crippen LogP contribution in [0.2, 0.25) is 0 Å². The molecule has 30 heavy (non-hydrogen) atoms. The number of rotatable bonds is 8. The van der Waals surface area contributed by atoms with Gasteiger partial charge in [0.05, 0.1) is 30.6 Å². The zero-order chi connectivity index (χ0) is 21.6. The number of nitrogens with zero attached hydrogens (tertiary/aromatic N) is 1. The number of nitrogens with one attached hydrogen (secondary N) is 1. The Bertz CT molecular complexity index is 991. The molecule has 1 aliphatic rings. The minimum atomic E-state index is -3.34. The highest BCUT2D eigenvalue weighted by Gasteiger charge is 2.28. The van der Waals surface area contributed by atoms with Gasteiger partial charge in [-0.2, -0.15) is 0 Å². The molecule has 0 saturated carbocycles. The van der Waals surface area contributed by atoms with Crippen LogP contribution >= 0.6 is 0 Å². The second kappa shape index (κ2) is 9.95. The van der Waals surface area contributed by atoms with Crippen molar-refractivity contribution >= 4 is 21.4 Å². The molecular formula is C22H28N2O5S. The monoisotopic (exact) mass is 432 g/mol. The van der Waals surface area contributed by atoms with Crippen LogP contribution in [0.5, 0.6) is 11.5 Å². The summed E-state index contributed by atoms with van der Waals surface area (Å²) >= 11 is 0. The highest BCUT2D eigenvalue weighted by Crippen LogP contribution is 2.30. The lowest BCUT2D eigenvalue weighted by Gasteiger charge is -2.22. The molecule has 0 atom stereocenters. The molecule has 7 nitrogen and oxygen atoms in total. The third kappa shape index (κ3) is 5.12. The Kier molecular flexibility index (Phi) is 7.33. The highest BCUT2D eigenvalue weighted by atomic mass is 32.2. The van der Waals surface area contributed by atoms with Crippen LogP contribution in [0.25, 0.3) is 0 Å². The van der Waals surface area contributed by atoms with Gasteiger partial charge in [0, 0.05) is 19.5 Å². The Hall–Kier alpha value is -2.58. The minimum absolute atomic E-state index is 0.0668. The van der Waals surface area contributed by atoms with E-state index in [1.807, 2.05) is 18.2 Å². The second-order valence-electron chi connectivity index (χ2n) is 7.12. The molecule has 1 amide bonds. The van der Waals surface area contributed by atoms with Crippen molar-refractivity contribution in [1.82, 2.24) is 5.32 Å². The van der Waals surface area contributed by atoms with Gasteiger partial charge in [0.25, 0.3) is 0 Å². The minimum Gasteiger partial charge on any atom is -0.493 e. The van der Waals surface area contributed by atoms with Gasteiger partial charge < -0.3 is 19.7 Å². The fraction of sp³-hybridized carbons (Fsp3) is 0.409. The van der Waals surface area contributed by atoms with Gasteiger partial charge in [-0.25, -0.2) is 8.42 Å². The summed E-state index contributed by atoms with van der Waals surface area (Å²) in [6, 6.07) is 12.6. The largest absolute Gasteiger partial charge is 0.493 e. The van der Waals surface area contributed by atoms with Gasteiger partial charge in [0.1, 0.15) is 0 Å². The van der Waals surface area contributed by atoms with E-state index in [0.717, 1.165) is 12.0 Å². The molecule has 3 rings (SSSR count). The first-order valence-corrected chi connectivity index (χ1v) is 11.7. The van der Waals surface area contributed by atoms with Crippen molar-refractivity contribution in [3.8, 4) is 11.5 Å². The topological polar surface area (TPSA) is 84.9 Å². The average molecular weight is 433 g/mol. The van der Waals surface area contributed by atoms with Gasteiger partial charge in [0.2, 0.25) is 5.91 Å². The van der Waals surface area contributed by atoms with Crippen molar-refractivity contribution in [3.63, 3.8) is 0 Å². The number of methoxy groups -OCH3 is 2. The number of carbonyl (C=O) groups excluding carboxylic acids is 1. The van der Waals surface area contributed by atoms with Crippen molar-refractivity contribution in [2.75, 3.05) is 44.5 Å². The highest BCUT2D eigenvalue weighted by molar-refractivity contribution is 7.91. The number of sulfone groups is 1. The summed E-state index contributed by atoms with van der Waals surface area (Å²) < 4.78 is 35.4. The van der Waals surface area contributed by atoms with Gasteiger partial charge in [-0.15, -0.1) is 0 Å². The normalized spacial score (nSPS) is 15.2. The van der Waals surface area contributed by atoms with Crippen LogP contribution in [0, 0.1) is 0 Å². The van der Waals surface area contributed by atoms with E-state index in [-0.39, 0.29) is 16.6 Å². The molecule has 162 valence electrons. The first kappa shape index (κ1) is 22.1. The molecule has 1 N–H and O–H groups in total. The lowest BCUT2D eigenvalue weighted by atomic mass is 10.1. The zero-order valence-corrected chi connectivity index (χ0v) is 18.2. The Balaban J connectivity index is 1.53. The fourth-order valence-corrected chi connectivity index (χ4v) is 5.08. The van der Waals surface area contributed by atoms with Crippen molar-refractivity contribution in [3.05, 3.63) is 48.0 Å². The van der Waals surface area contributed by atoms with Crippen LogP contribution in [0.15, 0.2) is 47.4 Å². The Labute approximate surface area is 177 Å². The van der Waals surface area contributed by atoms with Gasteiger partial charge in [-0.3, -0.25) is 4.79 Å². The van der Waals surface area contributed by atoms with Gasteiger partial charge >= 0.3 is 0 Å². The number of hydrogen-bond donors (Lipinski definition) is 1. The maximum absolute atomic E-state index is 12.8. The Morgan fingerprint density at radius 3 is 2.60 bits per heavy atom. The summed E-state index contributed by atoms with van der Waals surface area (Å²) in [5, 5.41) is 3.29. The molecule has 0 spiro atoms. The maximum Gasteiger partial charge on any atom is 0.228 e. The third-order valence-corrected chi connectivity index (χ3v) is 6.98. The quantitative estimate of drug-likeness (QED) is 0.645. The standard InChI is InChI=1S/C22H28N2O5S/c1-28-19-9-8-17(16-20(19)29-2)10-12-23-13-11-22(25)24-14-5-15-30(26,27)21-7-4-3-6-18(21)24/h3-4,6-9,16,23H,5,10-15H2,1-2H3. The summed E-state index contributed by atoms with van der Waals surface area (Å²) in [7, 11) is -0.130. The van der Waals surface area contributed by atoms with Crippen LogP contribution < -0.4 is 19.7 Å². The average Bonchev–Trinajstić information content (AvgIpc) is 2.89. The van der Waals surface area contributed by atoms with Crippen LogP contribution in [0.3, 0.4) is 0 Å². The maximum atomic E-state index is 12.8. The van der Waals surface area contributed by atoms with Gasteiger partial charge in [-0.05, 0) is 49.2 Å². The van der Waals surface area contributed by atoms with E-state index in [4.69, 9.17) is 9.47 Å². The molecule has 1 heterocycles. The number of ether oxygens (including phenoxy) is 2. The summed E-state index contributed by atoms with van der Waals surface area (Å²) in [4.78, 5) is 14.6. The van der Waals surface area contributed by atoms with Crippen molar-refractivity contribution in [2.24, 2.45) is 0 Å². The molecule has 0 fully saturated rings. The predicted octanol–water partition coefficient (Wildman–Crippen LogP) is 2.44. The molecule has 0 bridgehead atoms. The first-order chi connectivity index (χ1) is 14.5. The molecule has 8 heteroatoms. The SMILES string of the molecule is COc1ccc(CCNCCC(=O)N2CCCS(=O)(=O)c3ccccc32)cc1OC. The summed E-state index contributed by atoms with van der Waals surface area (Å²) in [5.41, 5.74) is 1.60. The number of fused-ring (bicyclic) bond motifs is 1. The van der Waals surface area contributed by atoms with Crippen LogP contribution in [0.4, 0.5) is 5.69 Å². The van der Waals surface area contributed by atoms with Gasteiger partial charge in [0.15, 0.2) is 21.3 Å². The Morgan fingerprint density at radius 2 is 1.83 bits per heavy atom. The van der Waals surface area contributed by atoms with E-state index < -0.39 is 9.84 Å². The summed E-state index contributed by atoms with van der Waals surface area (Å²) in [5.74, 6) is 1.38. The number of para-hydroxylation sites is 1. The lowest BCUT2D eigenvalue weighted by Crippen LogP contribution is -2.34. The first-order valence-electron chi connectivity index (χ1n) is 10.00. The molecule has 2 aromatic rings. The molecular weight excluding hydrogens is 404 g/mol. The number of hydrogen-bond acceptors (Lipinski definition) is 6. The van der Waals surface area contributed by atoms with E-state index in [9.17, 15) is 13.2 Å². The number of carbonyl (C=O) groups is 1. The number of anilines is 1. The summed E-state index contributed by atoms with van der Waals surface area (Å²) in [6.45, 7) is 1.66. The number of benzene rings is 2. The van der Waals surface area contributed by atoms with E-state index in [1.165, 1.54) is 0 Å². The van der Waals surface area contributed by atoms with E-state index in [0.29, 0.717) is 49.7 Å². The molecule has 1 aliphatic heterocycles. The van der Waals surface area contributed by atoms with Crippen molar-refractivity contribution < 1.29 is 22.7 Å². The van der Waals surface area contributed by atoms with E-state index in [2.05, 4.69) is 5.32 Å². The van der Waals surface area contributed by atoms with Crippen LogP contribution in [-0.2, 0) is 21.1 Å². The van der Waals surface area contributed by atoms with Crippen LogP contribution in [0.1, 0.15) is 18.4 Å². The van der Waals surface area contributed by atoms with Crippen molar-refractivity contribution in [1.29, 1.82) is 0 Å². The lowest BCUT2D eigenvalue weighted by molar-refractivity contribution is -0.118. The molecule has 0 radical (unpaired) electrons. The summed E-state index contributed by atoms with van der Waals surface area (Å²) in [6.07, 6.45) is 1.54. The van der Waals surface area contributed by atoms with Crippen LogP contribution in [-0.4, -0.2) is 53.9 Å². The molecule has 2 aromatic carbocycles. The zero-order valence-electron chi connectivity index (χ0n) is 17.4. The van der Waals surface area contributed by atoms with E-state index in [1.54, 1.807) is 43.4 Å². The third-order valence-electron chi connectivity index (χ3n) is 5.14. The Morgan fingerprint density at radius 1 is 1.07 bits per heavy atom. The fourth-order valence-electron chi connectivity index (χ4n) is 3.57. The smallest absolute Gasteiger partial charge is 0.228 e. The van der Waals surface area contributed by atoms with Gasteiger partial charge in [-0.1, -0.05) is 18.2 Å². The molecule has 0 unspecified atom stereocenters. The molecule has 0 aromatic heterocycles. The predicted molar refractivity (Wildman–Crippen MR) is 116 cm³/mol.